The zero-order chi connectivity index (χ0) is 17.3. The van der Waals surface area contributed by atoms with E-state index in [9.17, 15) is 9.13 Å². The summed E-state index contributed by atoms with van der Waals surface area (Å²) in [6, 6.07) is 0. The van der Waals surface area contributed by atoms with Gasteiger partial charge >= 0.3 is 15.2 Å². The molecule has 0 saturated carbocycles. The molecule has 9 heteroatoms. The van der Waals surface area contributed by atoms with E-state index in [0.717, 1.165) is 11.8 Å². The van der Waals surface area contributed by atoms with Crippen LogP contribution in [0.15, 0.2) is 18.4 Å². The summed E-state index contributed by atoms with van der Waals surface area (Å²) in [5.41, 5.74) is 2.54. The quantitative estimate of drug-likeness (QED) is 0.357. The standard InChI is InChI=1S/C13H26O6P2S/c1-7-12-13(22-6,20(14,16-8-2)17-9-3)21(15,18-10-4)19-11-5/h12H,1,8-11H2,2-6H3. The average Bonchev–Trinajstić information content (AvgIpc) is 2.45. The van der Waals surface area contributed by atoms with Crippen LogP contribution in [-0.2, 0) is 27.2 Å². The topological polar surface area (TPSA) is 71.1 Å². The van der Waals surface area contributed by atoms with E-state index in [1.54, 1.807) is 34.0 Å². The van der Waals surface area contributed by atoms with E-state index >= 15 is 0 Å². The van der Waals surface area contributed by atoms with Crippen LogP contribution in [0.4, 0.5) is 0 Å². The molecule has 0 radical (unpaired) electrons. The predicted octanol–water partition coefficient (Wildman–Crippen LogP) is 4.88. The molecule has 0 aliphatic carbocycles. The van der Waals surface area contributed by atoms with Gasteiger partial charge in [0.25, 0.3) is 0 Å². The molecule has 0 N–H and O–H groups in total. The Labute approximate surface area is 137 Å². The van der Waals surface area contributed by atoms with E-state index in [1.807, 2.05) is 0 Å². The lowest BCUT2D eigenvalue weighted by atomic mass is 10.7. The molecule has 0 aliphatic heterocycles. The van der Waals surface area contributed by atoms with Crippen LogP contribution in [0.2, 0.25) is 0 Å². The van der Waals surface area contributed by atoms with Crippen LogP contribution in [0.25, 0.3) is 0 Å². The third kappa shape index (κ3) is 4.37. The number of hydrogen-bond acceptors (Lipinski definition) is 7. The molecule has 0 atom stereocenters. The summed E-state index contributed by atoms with van der Waals surface area (Å²) in [7, 11) is -7.73. The highest BCUT2D eigenvalue weighted by Gasteiger charge is 2.64. The molecule has 0 heterocycles. The Morgan fingerprint density at radius 3 is 1.45 bits per heavy atom. The molecule has 0 aromatic carbocycles. The van der Waals surface area contributed by atoms with Gasteiger partial charge in [-0.15, -0.1) is 17.5 Å². The lowest BCUT2D eigenvalue weighted by Crippen LogP contribution is -2.27. The van der Waals surface area contributed by atoms with Gasteiger partial charge in [0.2, 0.25) is 4.23 Å². The number of thioether (sulfide) groups is 1. The average molecular weight is 372 g/mol. The third-order valence-electron chi connectivity index (χ3n) is 2.57. The van der Waals surface area contributed by atoms with Gasteiger partial charge in [-0.2, -0.15) is 0 Å². The lowest BCUT2D eigenvalue weighted by molar-refractivity contribution is 0.196. The molecule has 0 aromatic heterocycles. The SMILES string of the molecule is C=C=CC(SC)(P(=O)(OCC)OCC)P(=O)(OCC)OCC. The summed E-state index contributed by atoms with van der Waals surface area (Å²) < 4.78 is 46.7. The van der Waals surface area contributed by atoms with Crippen molar-refractivity contribution in [3.05, 3.63) is 18.4 Å². The minimum absolute atomic E-state index is 0.128. The van der Waals surface area contributed by atoms with Gasteiger partial charge in [-0.1, -0.05) is 6.58 Å². The third-order valence-corrected chi connectivity index (χ3v) is 11.4. The highest BCUT2D eigenvalue weighted by atomic mass is 32.2. The normalized spacial score (nSPS) is 13.0. The fourth-order valence-corrected chi connectivity index (χ4v) is 9.11. The van der Waals surface area contributed by atoms with Gasteiger partial charge in [-0.3, -0.25) is 9.13 Å². The Hall–Kier alpha value is 0.170. The molecule has 0 spiro atoms. The first-order chi connectivity index (χ1) is 10.4. The van der Waals surface area contributed by atoms with Gasteiger partial charge in [0.15, 0.2) is 0 Å². The van der Waals surface area contributed by atoms with Gasteiger partial charge in [-0.25, -0.2) is 0 Å². The number of rotatable bonds is 12. The first-order valence-corrected chi connectivity index (χ1v) is 11.4. The van der Waals surface area contributed by atoms with Gasteiger partial charge in [0.1, 0.15) is 0 Å². The van der Waals surface area contributed by atoms with Crippen molar-refractivity contribution in [3.8, 4) is 0 Å². The fraction of sp³-hybridized carbons (Fsp3) is 0.769. The number of hydrogen-bond donors (Lipinski definition) is 0. The zero-order valence-electron chi connectivity index (χ0n) is 13.9. The Balaban J connectivity index is 6.40. The lowest BCUT2D eigenvalue weighted by Gasteiger charge is -2.38. The Bertz CT molecular complexity index is 425. The van der Waals surface area contributed by atoms with Crippen LogP contribution < -0.4 is 0 Å². The molecule has 130 valence electrons. The van der Waals surface area contributed by atoms with Crippen LogP contribution in [-0.4, -0.2) is 36.9 Å². The van der Waals surface area contributed by atoms with Gasteiger partial charge < -0.3 is 18.1 Å². The maximum absolute atomic E-state index is 13.4. The van der Waals surface area contributed by atoms with E-state index in [4.69, 9.17) is 18.1 Å². The molecule has 22 heavy (non-hydrogen) atoms. The van der Waals surface area contributed by atoms with Crippen LogP contribution in [0.3, 0.4) is 0 Å². The molecule has 0 saturated heterocycles. The summed E-state index contributed by atoms with van der Waals surface area (Å²) in [5.74, 6) is 0. The summed E-state index contributed by atoms with van der Waals surface area (Å²) >= 11 is 1.03. The van der Waals surface area contributed by atoms with Gasteiger partial charge in [0, 0.05) is 0 Å². The Morgan fingerprint density at radius 1 is 0.955 bits per heavy atom. The smallest absolute Gasteiger partial charge is 0.307 e. The second-order valence-corrected chi connectivity index (χ2v) is 10.3. The molecular formula is C13H26O6P2S. The second kappa shape index (κ2) is 10.1. The Morgan fingerprint density at radius 2 is 1.27 bits per heavy atom. The molecule has 0 amide bonds. The molecule has 0 fully saturated rings. The van der Waals surface area contributed by atoms with Crippen molar-refractivity contribution < 1.29 is 27.2 Å². The van der Waals surface area contributed by atoms with Crippen molar-refractivity contribution in [1.82, 2.24) is 0 Å². The molecule has 0 bridgehead atoms. The zero-order valence-corrected chi connectivity index (χ0v) is 16.5. The summed E-state index contributed by atoms with van der Waals surface area (Å²) in [4.78, 5) is 0. The molecule has 6 nitrogen and oxygen atoms in total. The highest BCUT2D eigenvalue weighted by Crippen LogP contribution is 2.82. The monoisotopic (exact) mass is 372 g/mol. The van der Waals surface area contributed by atoms with Crippen LogP contribution >= 0.6 is 27.0 Å². The minimum Gasteiger partial charge on any atom is -0.307 e. The van der Waals surface area contributed by atoms with Crippen LogP contribution in [0, 0.1) is 0 Å². The fourth-order valence-electron chi connectivity index (χ4n) is 1.85. The van der Waals surface area contributed by atoms with Crippen molar-refractivity contribution in [2.45, 2.75) is 31.9 Å². The summed E-state index contributed by atoms with van der Waals surface area (Å²) in [6.45, 7) is 10.7. The van der Waals surface area contributed by atoms with Crippen molar-refractivity contribution in [2.75, 3.05) is 32.7 Å². The maximum atomic E-state index is 13.4. The molecule has 0 rings (SSSR count). The van der Waals surface area contributed by atoms with Crippen LogP contribution in [0.5, 0.6) is 0 Å². The van der Waals surface area contributed by atoms with E-state index in [-0.39, 0.29) is 26.4 Å². The van der Waals surface area contributed by atoms with Crippen LogP contribution in [0.1, 0.15) is 27.7 Å². The predicted molar refractivity (Wildman–Crippen MR) is 91.7 cm³/mol. The highest BCUT2D eigenvalue weighted by molar-refractivity contribution is 8.13. The molecule has 0 aromatic rings. The minimum atomic E-state index is -3.87. The van der Waals surface area contributed by atoms with Crippen molar-refractivity contribution in [2.24, 2.45) is 0 Å². The molecular weight excluding hydrogens is 346 g/mol. The summed E-state index contributed by atoms with van der Waals surface area (Å²) in [5, 5.41) is 0. The Kier molecular flexibility index (Phi) is 10.2. The van der Waals surface area contributed by atoms with Crippen molar-refractivity contribution in [1.29, 1.82) is 0 Å². The maximum Gasteiger partial charge on any atom is 0.363 e. The first-order valence-electron chi connectivity index (χ1n) is 7.07. The second-order valence-electron chi connectivity index (χ2n) is 3.88. The van der Waals surface area contributed by atoms with Crippen molar-refractivity contribution >= 4 is 27.0 Å². The largest absolute Gasteiger partial charge is 0.363 e. The van der Waals surface area contributed by atoms with Gasteiger partial charge in [0.05, 0.1) is 26.4 Å². The summed E-state index contributed by atoms with van der Waals surface area (Å²) in [6.07, 6.45) is 2.96. The van der Waals surface area contributed by atoms with E-state index in [0.29, 0.717) is 0 Å². The van der Waals surface area contributed by atoms with Gasteiger partial charge in [-0.05, 0) is 40.0 Å². The van der Waals surface area contributed by atoms with E-state index < -0.39 is 19.4 Å². The molecule has 0 unspecified atom stereocenters. The van der Waals surface area contributed by atoms with E-state index in [1.165, 1.54) is 6.08 Å². The van der Waals surface area contributed by atoms with E-state index in [2.05, 4.69) is 12.3 Å². The molecule has 0 aliphatic rings. The first kappa shape index (κ1) is 22.2. The van der Waals surface area contributed by atoms with Crippen molar-refractivity contribution in [3.63, 3.8) is 0 Å².